The van der Waals surface area contributed by atoms with Crippen molar-refractivity contribution in [2.24, 2.45) is 0 Å². The Morgan fingerprint density at radius 1 is 1.17 bits per heavy atom. The van der Waals surface area contributed by atoms with Crippen LogP contribution in [0.1, 0.15) is 35.4 Å². The van der Waals surface area contributed by atoms with Gasteiger partial charge in [-0.25, -0.2) is 4.98 Å². The van der Waals surface area contributed by atoms with Gasteiger partial charge in [-0.1, -0.05) is 35.3 Å². The number of likely N-dealkylation sites (tertiary alicyclic amines) is 1. The summed E-state index contributed by atoms with van der Waals surface area (Å²) in [5.74, 6) is 0.555. The lowest BCUT2D eigenvalue weighted by Gasteiger charge is -2.24. The summed E-state index contributed by atoms with van der Waals surface area (Å²) in [6.45, 7) is 1.07. The van der Waals surface area contributed by atoms with Crippen molar-refractivity contribution in [1.29, 1.82) is 0 Å². The van der Waals surface area contributed by atoms with Crippen molar-refractivity contribution in [2.75, 3.05) is 13.1 Å². The Morgan fingerprint density at radius 3 is 2.70 bits per heavy atom. The Kier molecular flexibility index (Phi) is 6.25. The van der Waals surface area contributed by atoms with Crippen molar-refractivity contribution >= 4 is 46.0 Å². The van der Waals surface area contributed by atoms with E-state index in [1.54, 1.807) is 23.1 Å². The van der Waals surface area contributed by atoms with Crippen molar-refractivity contribution in [1.82, 2.24) is 20.2 Å². The molecule has 2 heterocycles. The van der Waals surface area contributed by atoms with Gasteiger partial charge in [-0.15, -0.1) is 0 Å². The number of imidazole rings is 1. The highest BCUT2D eigenvalue weighted by Gasteiger charge is 2.34. The van der Waals surface area contributed by atoms with Crippen LogP contribution >= 0.6 is 23.2 Å². The fourth-order valence-electron chi connectivity index (χ4n) is 3.83. The maximum absolute atomic E-state index is 12.9. The Morgan fingerprint density at radius 2 is 1.93 bits per heavy atom. The van der Waals surface area contributed by atoms with Gasteiger partial charge in [-0.3, -0.25) is 9.59 Å². The van der Waals surface area contributed by atoms with Gasteiger partial charge in [0.2, 0.25) is 5.91 Å². The van der Waals surface area contributed by atoms with Crippen LogP contribution in [0.4, 0.5) is 0 Å². The van der Waals surface area contributed by atoms with Crippen LogP contribution in [0, 0.1) is 0 Å². The third kappa shape index (κ3) is 4.60. The van der Waals surface area contributed by atoms with E-state index in [0.29, 0.717) is 35.1 Å². The number of nitrogens with zero attached hydrogens (tertiary/aromatic N) is 2. The first-order valence-corrected chi connectivity index (χ1v) is 10.8. The minimum Gasteiger partial charge on any atom is -0.354 e. The number of aromatic amines is 1. The second-order valence-corrected chi connectivity index (χ2v) is 8.28. The first kappa shape index (κ1) is 20.7. The lowest BCUT2D eigenvalue weighted by Crippen LogP contribution is -2.46. The molecule has 0 bridgehead atoms. The van der Waals surface area contributed by atoms with E-state index < -0.39 is 6.04 Å². The van der Waals surface area contributed by atoms with Gasteiger partial charge in [0.05, 0.1) is 11.0 Å². The highest BCUT2D eigenvalue weighted by atomic mass is 35.5. The first-order chi connectivity index (χ1) is 14.5. The lowest BCUT2D eigenvalue weighted by molar-refractivity contribution is -0.124. The van der Waals surface area contributed by atoms with Gasteiger partial charge < -0.3 is 15.2 Å². The standard InChI is InChI=1S/C22H22Cl2N4O2/c23-15-11-14(12-16(24)13-15)22(30)28-10-4-7-19(28)21(29)25-9-3-8-20-26-17-5-1-2-6-18(17)27-20/h1-2,5-6,11-13,19H,3-4,7-10H2,(H,25,29)(H,26,27). The predicted molar refractivity (Wildman–Crippen MR) is 118 cm³/mol. The van der Waals surface area contributed by atoms with Crippen molar-refractivity contribution in [3.05, 3.63) is 63.9 Å². The van der Waals surface area contributed by atoms with E-state index in [9.17, 15) is 9.59 Å². The molecule has 156 valence electrons. The summed E-state index contributed by atoms with van der Waals surface area (Å²) in [7, 11) is 0. The van der Waals surface area contributed by atoms with E-state index >= 15 is 0 Å². The topological polar surface area (TPSA) is 78.1 Å². The fourth-order valence-corrected chi connectivity index (χ4v) is 4.36. The zero-order valence-corrected chi connectivity index (χ0v) is 17.8. The fraction of sp³-hybridized carbons (Fsp3) is 0.318. The molecule has 30 heavy (non-hydrogen) atoms. The highest BCUT2D eigenvalue weighted by molar-refractivity contribution is 6.35. The molecule has 0 radical (unpaired) electrons. The average molecular weight is 445 g/mol. The summed E-state index contributed by atoms with van der Waals surface area (Å²) < 4.78 is 0. The number of halogens is 2. The molecule has 2 amide bonds. The molecule has 6 nitrogen and oxygen atoms in total. The third-order valence-electron chi connectivity index (χ3n) is 5.25. The van der Waals surface area contributed by atoms with Gasteiger partial charge in [-0.05, 0) is 49.6 Å². The number of amides is 2. The van der Waals surface area contributed by atoms with Crippen LogP contribution in [0.3, 0.4) is 0 Å². The Labute approximate surface area is 184 Å². The molecule has 1 fully saturated rings. The number of H-pyrrole nitrogens is 1. The minimum absolute atomic E-state index is 0.126. The minimum atomic E-state index is -0.471. The zero-order chi connectivity index (χ0) is 21.1. The van der Waals surface area contributed by atoms with Crippen molar-refractivity contribution in [2.45, 2.75) is 31.7 Å². The molecule has 1 aliphatic rings. The van der Waals surface area contributed by atoms with Crippen LogP contribution in [-0.2, 0) is 11.2 Å². The van der Waals surface area contributed by atoms with Crippen molar-refractivity contribution < 1.29 is 9.59 Å². The Balaban J connectivity index is 1.31. The number of carbonyl (C=O) groups excluding carboxylic acids is 2. The van der Waals surface area contributed by atoms with E-state index in [2.05, 4.69) is 15.3 Å². The summed E-state index contributed by atoms with van der Waals surface area (Å²) in [5.41, 5.74) is 2.35. The number of nitrogens with one attached hydrogen (secondary N) is 2. The van der Waals surface area contributed by atoms with Crippen LogP contribution < -0.4 is 5.32 Å². The number of aromatic nitrogens is 2. The van der Waals surface area contributed by atoms with Crippen LogP contribution in [0.5, 0.6) is 0 Å². The molecule has 4 rings (SSSR count). The molecule has 1 saturated heterocycles. The van der Waals surface area contributed by atoms with Crippen LogP contribution in [0.25, 0.3) is 11.0 Å². The monoisotopic (exact) mass is 444 g/mol. The van der Waals surface area contributed by atoms with Gasteiger partial charge in [0.15, 0.2) is 0 Å². The SMILES string of the molecule is O=C(NCCCc1nc2ccccc2[nH]1)C1CCCN1C(=O)c1cc(Cl)cc(Cl)c1. The smallest absolute Gasteiger partial charge is 0.254 e. The average Bonchev–Trinajstić information content (AvgIpc) is 3.36. The van der Waals surface area contributed by atoms with E-state index in [0.717, 1.165) is 36.1 Å². The van der Waals surface area contributed by atoms with E-state index in [4.69, 9.17) is 23.2 Å². The summed E-state index contributed by atoms with van der Waals surface area (Å²) in [4.78, 5) is 35.0. The second-order valence-electron chi connectivity index (χ2n) is 7.41. The molecule has 0 saturated carbocycles. The number of benzene rings is 2. The van der Waals surface area contributed by atoms with Crippen molar-refractivity contribution in [3.63, 3.8) is 0 Å². The van der Waals surface area contributed by atoms with Gasteiger partial charge in [0.25, 0.3) is 5.91 Å². The normalized spacial score (nSPS) is 16.2. The van der Waals surface area contributed by atoms with E-state index in [1.807, 2.05) is 24.3 Å². The Hall–Kier alpha value is -2.57. The van der Waals surface area contributed by atoms with Gasteiger partial charge in [-0.2, -0.15) is 0 Å². The number of hydrogen-bond acceptors (Lipinski definition) is 3. The van der Waals surface area contributed by atoms with Crippen LogP contribution in [-0.4, -0.2) is 45.8 Å². The molecule has 2 N–H and O–H groups in total. The third-order valence-corrected chi connectivity index (χ3v) is 5.69. The molecule has 8 heteroatoms. The van der Waals surface area contributed by atoms with Gasteiger partial charge in [0.1, 0.15) is 11.9 Å². The predicted octanol–water partition coefficient (Wildman–Crippen LogP) is 4.22. The molecule has 1 aromatic heterocycles. The summed E-state index contributed by atoms with van der Waals surface area (Å²) in [6, 6.07) is 12.2. The van der Waals surface area contributed by atoms with Crippen molar-refractivity contribution in [3.8, 4) is 0 Å². The lowest BCUT2D eigenvalue weighted by atomic mass is 10.1. The molecule has 3 aromatic rings. The molecule has 2 aromatic carbocycles. The quantitative estimate of drug-likeness (QED) is 0.558. The number of carbonyl (C=O) groups is 2. The molecular weight excluding hydrogens is 423 g/mol. The van der Waals surface area contributed by atoms with Crippen LogP contribution in [0.15, 0.2) is 42.5 Å². The zero-order valence-electron chi connectivity index (χ0n) is 16.3. The molecule has 0 spiro atoms. The molecular formula is C22H22Cl2N4O2. The number of rotatable bonds is 6. The van der Waals surface area contributed by atoms with Crippen LogP contribution in [0.2, 0.25) is 10.0 Å². The largest absolute Gasteiger partial charge is 0.354 e. The molecule has 1 unspecified atom stereocenters. The number of aryl methyl sites for hydroxylation is 1. The molecule has 0 aliphatic carbocycles. The van der Waals surface area contributed by atoms with E-state index in [1.165, 1.54) is 0 Å². The maximum atomic E-state index is 12.9. The number of para-hydroxylation sites is 2. The number of fused-ring (bicyclic) bond motifs is 1. The second kappa shape index (κ2) is 9.06. The van der Waals surface area contributed by atoms with E-state index in [-0.39, 0.29) is 11.8 Å². The summed E-state index contributed by atoms with van der Waals surface area (Å²) >= 11 is 12.0. The summed E-state index contributed by atoms with van der Waals surface area (Å²) in [6.07, 6.45) is 2.94. The highest BCUT2D eigenvalue weighted by Crippen LogP contribution is 2.24. The molecule has 1 atom stereocenters. The first-order valence-electron chi connectivity index (χ1n) is 9.99. The number of hydrogen-bond donors (Lipinski definition) is 2. The maximum Gasteiger partial charge on any atom is 0.254 e. The summed E-state index contributed by atoms with van der Waals surface area (Å²) in [5, 5.41) is 3.76. The van der Waals surface area contributed by atoms with Gasteiger partial charge in [0, 0.05) is 35.1 Å². The Bertz CT molecular complexity index is 1030. The molecule has 1 aliphatic heterocycles. The van der Waals surface area contributed by atoms with Gasteiger partial charge >= 0.3 is 0 Å².